The molecule has 0 unspecified atom stereocenters. The third kappa shape index (κ3) is 1.73. The number of aliphatic hydroxyl groups excluding tert-OH is 1. The highest BCUT2D eigenvalue weighted by Crippen LogP contribution is 2.32. The fraction of sp³-hybridized carbons (Fsp3) is 0.545. The van der Waals surface area contributed by atoms with Gasteiger partial charge < -0.3 is 10.0 Å². The second kappa shape index (κ2) is 3.24. The SMILES string of the molecule is CC1(C)CN(c2cc(CO)ccn2)C1. The van der Waals surface area contributed by atoms with Gasteiger partial charge >= 0.3 is 0 Å². The van der Waals surface area contributed by atoms with Crippen molar-refractivity contribution in [1.29, 1.82) is 0 Å². The molecule has 76 valence electrons. The van der Waals surface area contributed by atoms with Crippen molar-refractivity contribution in [2.45, 2.75) is 20.5 Å². The summed E-state index contributed by atoms with van der Waals surface area (Å²) in [5.74, 6) is 0.982. The van der Waals surface area contributed by atoms with E-state index in [0.29, 0.717) is 5.41 Å². The zero-order chi connectivity index (χ0) is 10.2. The summed E-state index contributed by atoms with van der Waals surface area (Å²) in [5, 5.41) is 8.99. The van der Waals surface area contributed by atoms with Crippen molar-refractivity contribution in [3.8, 4) is 0 Å². The molecule has 1 N–H and O–H groups in total. The number of aromatic nitrogens is 1. The van der Waals surface area contributed by atoms with Crippen molar-refractivity contribution in [3.05, 3.63) is 23.9 Å². The standard InChI is InChI=1S/C11H16N2O/c1-11(2)7-13(8-11)10-5-9(6-14)3-4-12-10/h3-5,14H,6-8H2,1-2H3. The maximum Gasteiger partial charge on any atom is 0.128 e. The van der Waals surface area contributed by atoms with Gasteiger partial charge in [0.1, 0.15) is 5.82 Å². The van der Waals surface area contributed by atoms with E-state index in [4.69, 9.17) is 5.11 Å². The van der Waals surface area contributed by atoms with Gasteiger partial charge in [-0.2, -0.15) is 0 Å². The topological polar surface area (TPSA) is 36.4 Å². The maximum atomic E-state index is 8.99. The summed E-state index contributed by atoms with van der Waals surface area (Å²) in [6.07, 6.45) is 1.76. The van der Waals surface area contributed by atoms with E-state index < -0.39 is 0 Å². The molecule has 0 atom stereocenters. The monoisotopic (exact) mass is 192 g/mol. The molecule has 0 aromatic carbocycles. The fourth-order valence-electron chi connectivity index (χ4n) is 1.88. The van der Waals surface area contributed by atoms with Gasteiger partial charge in [0, 0.05) is 19.3 Å². The Kier molecular flexibility index (Phi) is 2.19. The lowest BCUT2D eigenvalue weighted by atomic mass is 9.84. The number of aliphatic hydroxyl groups is 1. The van der Waals surface area contributed by atoms with Gasteiger partial charge in [0.05, 0.1) is 6.61 Å². The van der Waals surface area contributed by atoms with Crippen LogP contribution in [-0.2, 0) is 6.61 Å². The van der Waals surface area contributed by atoms with E-state index in [9.17, 15) is 0 Å². The number of pyridine rings is 1. The number of rotatable bonds is 2. The Labute approximate surface area is 84.4 Å². The van der Waals surface area contributed by atoms with Crippen LogP contribution in [0.25, 0.3) is 0 Å². The molecule has 3 heteroatoms. The van der Waals surface area contributed by atoms with Gasteiger partial charge in [-0.05, 0) is 23.1 Å². The second-order valence-electron chi connectivity index (χ2n) is 4.70. The summed E-state index contributed by atoms with van der Waals surface area (Å²) in [6.45, 7) is 6.69. The minimum Gasteiger partial charge on any atom is -0.392 e. The van der Waals surface area contributed by atoms with Crippen LogP contribution in [0.1, 0.15) is 19.4 Å². The Hall–Kier alpha value is -1.09. The molecule has 0 saturated carbocycles. The lowest BCUT2D eigenvalue weighted by molar-refractivity contribution is 0.272. The first-order chi connectivity index (χ1) is 6.61. The highest BCUT2D eigenvalue weighted by atomic mass is 16.3. The fourth-order valence-corrected chi connectivity index (χ4v) is 1.88. The molecule has 2 rings (SSSR count). The van der Waals surface area contributed by atoms with Gasteiger partial charge in [-0.1, -0.05) is 13.8 Å². The number of hydrogen-bond donors (Lipinski definition) is 1. The minimum atomic E-state index is 0.0900. The van der Waals surface area contributed by atoms with E-state index in [0.717, 1.165) is 24.5 Å². The lowest BCUT2D eigenvalue weighted by Crippen LogP contribution is -2.53. The summed E-state index contributed by atoms with van der Waals surface area (Å²) < 4.78 is 0. The first kappa shape index (κ1) is 9.46. The van der Waals surface area contributed by atoms with Crippen LogP contribution in [0.2, 0.25) is 0 Å². The molecular formula is C11H16N2O. The van der Waals surface area contributed by atoms with Crippen LogP contribution in [0.5, 0.6) is 0 Å². The normalized spacial score (nSPS) is 19.2. The quantitative estimate of drug-likeness (QED) is 0.770. The highest BCUT2D eigenvalue weighted by molar-refractivity contribution is 5.44. The Balaban J connectivity index is 2.11. The molecule has 3 nitrogen and oxygen atoms in total. The maximum absolute atomic E-state index is 8.99. The van der Waals surface area contributed by atoms with E-state index in [-0.39, 0.29) is 6.61 Å². The first-order valence-corrected chi connectivity index (χ1v) is 4.91. The first-order valence-electron chi connectivity index (χ1n) is 4.91. The molecule has 1 aromatic rings. The number of anilines is 1. The van der Waals surface area contributed by atoms with E-state index >= 15 is 0 Å². The summed E-state index contributed by atoms with van der Waals surface area (Å²) in [4.78, 5) is 6.52. The van der Waals surface area contributed by atoms with Crippen molar-refractivity contribution in [1.82, 2.24) is 4.98 Å². The molecule has 2 heterocycles. The Morgan fingerprint density at radius 1 is 1.50 bits per heavy atom. The zero-order valence-corrected chi connectivity index (χ0v) is 8.70. The molecule has 1 saturated heterocycles. The van der Waals surface area contributed by atoms with E-state index in [2.05, 4.69) is 23.7 Å². The van der Waals surface area contributed by atoms with E-state index in [1.807, 2.05) is 12.1 Å². The Bertz CT molecular complexity index is 328. The van der Waals surface area contributed by atoms with Gasteiger partial charge in [-0.3, -0.25) is 0 Å². The van der Waals surface area contributed by atoms with Gasteiger partial charge in [-0.25, -0.2) is 4.98 Å². The van der Waals surface area contributed by atoms with Gasteiger partial charge in [0.25, 0.3) is 0 Å². The average molecular weight is 192 g/mol. The summed E-state index contributed by atoms with van der Waals surface area (Å²) in [7, 11) is 0. The second-order valence-corrected chi connectivity index (χ2v) is 4.70. The minimum absolute atomic E-state index is 0.0900. The third-order valence-corrected chi connectivity index (χ3v) is 2.55. The molecule has 0 radical (unpaired) electrons. The smallest absolute Gasteiger partial charge is 0.128 e. The van der Waals surface area contributed by atoms with Crippen LogP contribution in [-0.4, -0.2) is 23.2 Å². The molecule has 0 amide bonds. The van der Waals surface area contributed by atoms with Crippen LogP contribution in [0.3, 0.4) is 0 Å². The van der Waals surface area contributed by atoms with Gasteiger partial charge in [0.2, 0.25) is 0 Å². The summed E-state index contributed by atoms with van der Waals surface area (Å²) in [5.41, 5.74) is 1.34. The molecular weight excluding hydrogens is 176 g/mol. The molecule has 1 aliphatic rings. The van der Waals surface area contributed by atoms with Crippen LogP contribution < -0.4 is 4.90 Å². The van der Waals surface area contributed by atoms with E-state index in [1.54, 1.807) is 6.20 Å². The molecule has 1 aliphatic heterocycles. The van der Waals surface area contributed by atoms with Gasteiger partial charge in [0.15, 0.2) is 0 Å². The molecule has 1 aromatic heterocycles. The average Bonchev–Trinajstić information content (AvgIpc) is 2.14. The molecule has 0 spiro atoms. The Morgan fingerprint density at radius 2 is 2.21 bits per heavy atom. The zero-order valence-electron chi connectivity index (χ0n) is 8.70. The van der Waals surface area contributed by atoms with Crippen molar-refractivity contribution in [2.24, 2.45) is 5.41 Å². The van der Waals surface area contributed by atoms with Crippen LogP contribution >= 0.6 is 0 Å². The predicted molar refractivity (Wildman–Crippen MR) is 56.2 cm³/mol. The van der Waals surface area contributed by atoms with Crippen molar-refractivity contribution < 1.29 is 5.11 Å². The summed E-state index contributed by atoms with van der Waals surface area (Å²) in [6, 6.07) is 3.80. The number of nitrogens with zero attached hydrogens (tertiary/aromatic N) is 2. The third-order valence-electron chi connectivity index (χ3n) is 2.55. The molecule has 14 heavy (non-hydrogen) atoms. The molecule has 0 bridgehead atoms. The van der Waals surface area contributed by atoms with E-state index in [1.165, 1.54) is 0 Å². The largest absolute Gasteiger partial charge is 0.392 e. The van der Waals surface area contributed by atoms with Crippen LogP contribution in [0, 0.1) is 5.41 Å². The van der Waals surface area contributed by atoms with Crippen molar-refractivity contribution in [3.63, 3.8) is 0 Å². The molecule has 0 aliphatic carbocycles. The predicted octanol–water partition coefficient (Wildman–Crippen LogP) is 1.42. The number of hydrogen-bond acceptors (Lipinski definition) is 3. The van der Waals surface area contributed by atoms with Gasteiger partial charge in [-0.15, -0.1) is 0 Å². The van der Waals surface area contributed by atoms with Crippen molar-refractivity contribution >= 4 is 5.82 Å². The highest BCUT2D eigenvalue weighted by Gasteiger charge is 2.34. The lowest BCUT2D eigenvalue weighted by Gasteiger charge is -2.46. The Morgan fingerprint density at radius 3 is 2.79 bits per heavy atom. The van der Waals surface area contributed by atoms with Crippen LogP contribution in [0.4, 0.5) is 5.82 Å². The summed E-state index contributed by atoms with van der Waals surface area (Å²) >= 11 is 0. The van der Waals surface area contributed by atoms with Crippen molar-refractivity contribution in [2.75, 3.05) is 18.0 Å². The van der Waals surface area contributed by atoms with Crippen LogP contribution in [0.15, 0.2) is 18.3 Å². The molecule has 1 fully saturated rings.